The average Bonchev–Trinajstić information content (AvgIpc) is 2.27. The van der Waals surface area contributed by atoms with E-state index in [1.54, 1.807) is 0 Å². The molecule has 0 amide bonds. The van der Waals surface area contributed by atoms with Gasteiger partial charge in [-0.1, -0.05) is 12.8 Å². The fourth-order valence-electron chi connectivity index (χ4n) is 3.58. The second-order valence-electron chi connectivity index (χ2n) is 5.44. The number of piperidine rings is 1. The highest BCUT2D eigenvalue weighted by Gasteiger charge is 2.35. The Kier molecular flexibility index (Phi) is 3.85. The van der Waals surface area contributed by atoms with Gasteiger partial charge in [0.2, 0.25) is 0 Å². The molecule has 2 fully saturated rings. The van der Waals surface area contributed by atoms with Crippen LogP contribution in [0.3, 0.4) is 0 Å². The Morgan fingerprint density at radius 1 is 1.31 bits per heavy atom. The van der Waals surface area contributed by atoms with Crippen LogP contribution < -0.4 is 0 Å². The molecule has 3 unspecified atom stereocenters. The first-order valence-electron chi connectivity index (χ1n) is 6.66. The van der Waals surface area contributed by atoms with Crippen LogP contribution in [0.2, 0.25) is 0 Å². The van der Waals surface area contributed by atoms with Crippen molar-refractivity contribution in [3.05, 3.63) is 0 Å². The third-order valence-corrected chi connectivity index (χ3v) is 4.32. The van der Waals surface area contributed by atoms with Crippen LogP contribution in [-0.2, 0) is 4.79 Å². The summed E-state index contributed by atoms with van der Waals surface area (Å²) in [5.41, 5.74) is 0. The predicted molar refractivity (Wildman–Crippen MR) is 63.4 cm³/mol. The van der Waals surface area contributed by atoms with Crippen LogP contribution in [0.1, 0.15) is 51.9 Å². The molecule has 1 aliphatic carbocycles. The zero-order chi connectivity index (χ0) is 11.5. The summed E-state index contributed by atoms with van der Waals surface area (Å²) < 4.78 is 0. The molecule has 0 bridgehead atoms. The van der Waals surface area contributed by atoms with Crippen molar-refractivity contribution in [2.75, 3.05) is 6.54 Å². The lowest BCUT2D eigenvalue weighted by Gasteiger charge is -2.46. The summed E-state index contributed by atoms with van der Waals surface area (Å²) in [7, 11) is 0. The molecule has 0 aromatic heterocycles. The number of fused-ring (bicyclic) bond motifs is 1. The van der Waals surface area contributed by atoms with Gasteiger partial charge in [-0.25, -0.2) is 0 Å². The van der Waals surface area contributed by atoms with Gasteiger partial charge in [0.15, 0.2) is 0 Å². The Morgan fingerprint density at radius 3 is 2.75 bits per heavy atom. The number of aliphatic carboxylic acids is 1. The van der Waals surface area contributed by atoms with Crippen LogP contribution in [0.25, 0.3) is 0 Å². The largest absolute Gasteiger partial charge is 0.481 e. The Labute approximate surface area is 97.8 Å². The van der Waals surface area contributed by atoms with E-state index in [0.717, 1.165) is 12.5 Å². The van der Waals surface area contributed by atoms with Gasteiger partial charge >= 0.3 is 5.97 Å². The quantitative estimate of drug-likeness (QED) is 0.802. The van der Waals surface area contributed by atoms with Crippen molar-refractivity contribution in [3.63, 3.8) is 0 Å². The second-order valence-corrected chi connectivity index (χ2v) is 5.44. The van der Waals surface area contributed by atoms with E-state index in [9.17, 15) is 4.79 Å². The van der Waals surface area contributed by atoms with E-state index in [1.807, 2.05) is 0 Å². The van der Waals surface area contributed by atoms with Crippen LogP contribution in [0.5, 0.6) is 0 Å². The first-order valence-corrected chi connectivity index (χ1v) is 6.66. The van der Waals surface area contributed by atoms with E-state index in [4.69, 9.17) is 5.11 Å². The number of hydrogen-bond acceptors (Lipinski definition) is 2. The topological polar surface area (TPSA) is 40.5 Å². The normalized spacial score (nSPS) is 33.1. The average molecular weight is 225 g/mol. The van der Waals surface area contributed by atoms with Crippen LogP contribution in [-0.4, -0.2) is 34.6 Å². The minimum absolute atomic E-state index is 0.211. The number of nitrogens with zero attached hydrogens (tertiary/aromatic N) is 1. The van der Waals surface area contributed by atoms with E-state index in [0.29, 0.717) is 12.5 Å². The molecular formula is C13H23NO2. The van der Waals surface area contributed by atoms with Gasteiger partial charge < -0.3 is 5.11 Å². The lowest BCUT2D eigenvalue weighted by molar-refractivity contribution is -0.139. The fourth-order valence-corrected chi connectivity index (χ4v) is 3.58. The predicted octanol–water partition coefficient (Wildman–Crippen LogP) is 2.50. The van der Waals surface area contributed by atoms with Crippen molar-refractivity contribution < 1.29 is 9.90 Å². The van der Waals surface area contributed by atoms with Gasteiger partial charge in [0.05, 0.1) is 6.42 Å². The molecule has 16 heavy (non-hydrogen) atoms. The number of hydrogen-bond donors (Lipinski definition) is 1. The summed E-state index contributed by atoms with van der Waals surface area (Å²) in [6.07, 6.45) is 8.27. The maximum Gasteiger partial charge on any atom is 0.304 e. The van der Waals surface area contributed by atoms with E-state index in [1.165, 1.54) is 38.5 Å². The first-order chi connectivity index (χ1) is 7.68. The summed E-state index contributed by atoms with van der Waals surface area (Å²) >= 11 is 0. The summed E-state index contributed by atoms with van der Waals surface area (Å²) in [5, 5.41) is 8.88. The molecule has 3 atom stereocenters. The van der Waals surface area contributed by atoms with Gasteiger partial charge in [-0.2, -0.15) is 0 Å². The minimum Gasteiger partial charge on any atom is -0.481 e. The van der Waals surface area contributed by atoms with E-state index in [-0.39, 0.29) is 6.04 Å². The SMILES string of the molecule is CC(CC(=O)O)N1CCCC2CCCCC21. The maximum atomic E-state index is 10.8. The van der Waals surface area contributed by atoms with Crippen molar-refractivity contribution >= 4 is 5.97 Å². The molecule has 0 aromatic carbocycles. The zero-order valence-electron chi connectivity index (χ0n) is 10.2. The third kappa shape index (κ3) is 2.57. The second kappa shape index (κ2) is 5.17. The highest BCUT2D eigenvalue weighted by atomic mass is 16.4. The number of carboxylic acids is 1. The number of likely N-dealkylation sites (tertiary alicyclic amines) is 1. The lowest BCUT2D eigenvalue weighted by Crippen LogP contribution is -2.51. The molecule has 92 valence electrons. The van der Waals surface area contributed by atoms with Gasteiger partial charge in [-0.15, -0.1) is 0 Å². The third-order valence-electron chi connectivity index (χ3n) is 4.32. The molecule has 1 saturated carbocycles. The van der Waals surface area contributed by atoms with Gasteiger partial charge in [0, 0.05) is 12.1 Å². The standard InChI is InChI=1S/C13H23NO2/c1-10(9-13(15)16)14-8-4-6-11-5-2-3-7-12(11)14/h10-12H,2-9H2,1H3,(H,15,16). The first kappa shape index (κ1) is 11.9. The lowest BCUT2D eigenvalue weighted by atomic mass is 9.77. The molecule has 2 aliphatic rings. The van der Waals surface area contributed by atoms with Gasteiger partial charge in [0.1, 0.15) is 0 Å². The van der Waals surface area contributed by atoms with Gasteiger partial charge in [0.25, 0.3) is 0 Å². The Balaban J connectivity index is 1.98. The molecule has 1 heterocycles. The summed E-state index contributed by atoms with van der Waals surface area (Å²) in [5.74, 6) is 0.184. The molecule has 1 aliphatic heterocycles. The van der Waals surface area contributed by atoms with Crippen LogP contribution >= 0.6 is 0 Å². The Morgan fingerprint density at radius 2 is 2.00 bits per heavy atom. The van der Waals surface area contributed by atoms with E-state index >= 15 is 0 Å². The molecule has 3 heteroatoms. The van der Waals surface area contributed by atoms with Crippen molar-refractivity contribution in [1.82, 2.24) is 4.90 Å². The molecule has 0 aromatic rings. The Bertz CT molecular complexity index is 252. The highest BCUT2D eigenvalue weighted by molar-refractivity contribution is 5.67. The van der Waals surface area contributed by atoms with Crippen molar-refractivity contribution in [2.45, 2.75) is 64.0 Å². The van der Waals surface area contributed by atoms with Crippen molar-refractivity contribution in [1.29, 1.82) is 0 Å². The molecule has 2 rings (SSSR count). The number of carboxylic acid groups (broad SMARTS) is 1. The maximum absolute atomic E-state index is 10.8. The molecule has 1 N–H and O–H groups in total. The highest BCUT2D eigenvalue weighted by Crippen LogP contribution is 2.36. The molecule has 0 radical (unpaired) electrons. The van der Waals surface area contributed by atoms with Gasteiger partial charge in [-0.05, 0) is 45.1 Å². The molecule has 0 spiro atoms. The van der Waals surface area contributed by atoms with Crippen LogP contribution in [0.4, 0.5) is 0 Å². The smallest absolute Gasteiger partial charge is 0.304 e. The minimum atomic E-state index is -0.662. The zero-order valence-corrected chi connectivity index (χ0v) is 10.2. The molecular weight excluding hydrogens is 202 g/mol. The van der Waals surface area contributed by atoms with Crippen molar-refractivity contribution in [3.8, 4) is 0 Å². The molecule has 1 saturated heterocycles. The molecule has 3 nitrogen and oxygen atoms in total. The number of rotatable bonds is 3. The van der Waals surface area contributed by atoms with E-state index in [2.05, 4.69) is 11.8 Å². The van der Waals surface area contributed by atoms with Crippen LogP contribution in [0.15, 0.2) is 0 Å². The number of carbonyl (C=O) groups is 1. The Hall–Kier alpha value is -0.570. The fraction of sp³-hybridized carbons (Fsp3) is 0.923. The summed E-state index contributed by atoms with van der Waals surface area (Å²) in [4.78, 5) is 13.3. The van der Waals surface area contributed by atoms with Crippen LogP contribution in [0, 0.1) is 5.92 Å². The summed E-state index contributed by atoms with van der Waals surface area (Å²) in [6, 6.07) is 0.889. The van der Waals surface area contributed by atoms with Crippen molar-refractivity contribution in [2.24, 2.45) is 5.92 Å². The van der Waals surface area contributed by atoms with E-state index < -0.39 is 5.97 Å². The summed E-state index contributed by atoms with van der Waals surface area (Å²) in [6.45, 7) is 3.18. The van der Waals surface area contributed by atoms with Gasteiger partial charge in [-0.3, -0.25) is 9.69 Å². The monoisotopic (exact) mass is 225 g/mol.